The van der Waals surface area contributed by atoms with Crippen molar-refractivity contribution in [2.45, 2.75) is 39.3 Å². The molecule has 6 heteroatoms. The minimum Gasteiger partial charge on any atom is -0.465 e. The quantitative estimate of drug-likeness (QED) is 0.906. The lowest BCUT2D eigenvalue weighted by molar-refractivity contribution is 0.101. The number of likely N-dealkylation sites (N-methyl/N-ethyl adjacent to an activating group) is 1. The van der Waals surface area contributed by atoms with Crippen molar-refractivity contribution in [2.75, 3.05) is 18.5 Å². The molecule has 1 aromatic heterocycles. The van der Waals surface area contributed by atoms with Gasteiger partial charge < -0.3 is 14.9 Å². The van der Waals surface area contributed by atoms with Gasteiger partial charge in [-0.2, -0.15) is 0 Å². The zero-order valence-corrected chi connectivity index (χ0v) is 12.6. The fraction of sp³-hybridized carbons (Fsp3) is 0.692. The molecular formula is C13H21N3O2S. The number of hydrogen-bond donors (Lipinski definition) is 1. The van der Waals surface area contributed by atoms with Crippen molar-refractivity contribution in [3.8, 4) is 0 Å². The Kier molecular flexibility index (Phi) is 3.71. The number of rotatable bonds is 2. The predicted molar refractivity (Wildman–Crippen MR) is 76.9 cm³/mol. The molecule has 1 saturated heterocycles. The summed E-state index contributed by atoms with van der Waals surface area (Å²) in [5.41, 5.74) is -0.0922. The third-order valence-corrected chi connectivity index (χ3v) is 4.58. The second-order valence-electron chi connectivity index (χ2n) is 6.07. The van der Waals surface area contributed by atoms with Crippen LogP contribution >= 0.6 is 11.3 Å². The molecule has 19 heavy (non-hydrogen) atoms. The summed E-state index contributed by atoms with van der Waals surface area (Å²) in [4.78, 5) is 19.4. The average molecular weight is 283 g/mol. The number of carbonyl (C=O) groups is 1. The molecule has 106 valence electrons. The Hall–Kier alpha value is -1.30. The first-order valence-corrected chi connectivity index (χ1v) is 7.32. The van der Waals surface area contributed by atoms with Crippen LogP contribution in [0.5, 0.6) is 0 Å². The number of likely N-dealkylation sites (tertiary alicyclic amines) is 1. The van der Waals surface area contributed by atoms with Crippen molar-refractivity contribution < 1.29 is 9.90 Å². The van der Waals surface area contributed by atoms with Gasteiger partial charge in [-0.05, 0) is 11.8 Å². The number of aromatic nitrogens is 1. The van der Waals surface area contributed by atoms with Gasteiger partial charge in [-0.25, -0.2) is 9.78 Å². The van der Waals surface area contributed by atoms with Crippen LogP contribution in [0.1, 0.15) is 27.2 Å². The topological polar surface area (TPSA) is 56.7 Å². The van der Waals surface area contributed by atoms with E-state index in [1.807, 2.05) is 12.4 Å². The van der Waals surface area contributed by atoms with Gasteiger partial charge >= 0.3 is 6.09 Å². The lowest BCUT2D eigenvalue weighted by Gasteiger charge is -2.40. The molecule has 1 aromatic rings. The van der Waals surface area contributed by atoms with Gasteiger partial charge in [0.2, 0.25) is 0 Å². The first-order valence-electron chi connectivity index (χ1n) is 6.44. The third kappa shape index (κ3) is 2.68. The largest absolute Gasteiger partial charge is 0.465 e. The minimum atomic E-state index is -0.824. The highest BCUT2D eigenvalue weighted by Crippen LogP contribution is 2.37. The van der Waals surface area contributed by atoms with Gasteiger partial charge in [0.1, 0.15) is 0 Å². The second-order valence-corrected chi connectivity index (χ2v) is 6.94. The molecule has 0 bridgehead atoms. The van der Waals surface area contributed by atoms with Crippen molar-refractivity contribution in [1.29, 1.82) is 0 Å². The highest BCUT2D eigenvalue weighted by molar-refractivity contribution is 7.13. The predicted octanol–water partition coefficient (Wildman–Crippen LogP) is 2.75. The Balaban J connectivity index is 2.27. The van der Waals surface area contributed by atoms with Crippen molar-refractivity contribution in [3.05, 3.63) is 11.6 Å². The summed E-state index contributed by atoms with van der Waals surface area (Å²) < 4.78 is 0. The van der Waals surface area contributed by atoms with Gasteiger partial charge in [0, 0.05) is 25.2 Å². The van der Waals surface area contributed by atoms with Crippen LogP contribution in [0.15, 0.2) is 11.6 Å². The van der Waals surface area contributed by atoms with Crippen LogP contribution in [0.4, 0.5) is 9.93 Å². The average Bonchev–Trinajstić information content (AvgIpc) is 2.96. The zero-order chi connectivity index (χ0) is 14.2. The molecular weight excluding hydrogens is 262 g/mol. The molecule has 2 rings (SSSR count). The Labute approximate surface area is 117 Å². The Bertz CT molecular complexity index is 441. The molecule has 0 aromatic carbocycles. The van der Waals surface area contributed by atoms with Gasteiger partial charge in [0.25, 0.3) is 0 Å². The molecule has 0 radical (unpaired) electrons. The maximum absolute atomic E-state index is 11.4. The summed E-state index contributed by atoms with van der Waals surface area (Å²) in [5.74, 6) is 0. The molecule has 1 fully saturated rings. The van der Waals surface area contributed by atoms with Crippen molar-refractivity contribution in [3.63, 3.8) is 0 Å². The van der Waals surface area contributed by atoms with Gasteiger partial charge in [-0.3, -0.25) is 0 Å². The Morgan fingerprint density at radius 1 is 1.58 bits per heavy atom. The number of carboxylic acid groups (broad SMARTS) is 1. The first kappa shape index (κ1) is 14.1. The summed E-state index contributed by atoms with van der Waals surface area (Å²) in [6, 6.07) is 0.168. The normalized spacial score (nSPS) is 23.7. The molecule has 1 amide bonds. The van der Waals surface area contributed by atoms with Gasteiger partial charge in [-0.1, -0.05) is 20.8 Å². The van der Waals surface area contributed by atoms with Crippen LogP contribution in [-0.2, 0) is 0 Å². The highest BCUT2D eigenvalue weighted by atomic mass is 32.1. The van der Waals surface area contributed by atoms with Gasteiger partial charge in [-0.15, -0.1) is 11.3 Å². The highest BCUT2D eigenvalue weighted by Gasteiger charge is 2.46. The number of hydrogen-bond acceptors (Lipinski definition) is 4. The maximum Gasteiger partial charge on any atom is 0.407 e. The number of thiazole rings is 1. The molecule has 2 heterocycles. The first-order chi connectivity index (χ1) is 8.82. The van der Waals surface area contributed by atoms with E-state index in [2.05, 4.69) is 30.7 Å². The maximum atomic E-state index is 11.4. The standard InChI is InChI=1S/C13H21N3O2S/c1-13(2,3)10-9(5-7-16(10)12(17)18)15(4)11-14-6-8-19-11/h6,8-10H,5,7H2,1-4H3,(H,17,18). The summed E-state index contributed by atoms with van der Waals surface area (Å²) >= 11 is 1.59. The minimum absolute atomic E-state index is 0.0149. The smallest absolute Gasteiger partial charge is 0.407 e. The molecule has 0 saturated carbocycles. The van der Waals surface area contributed by atoms with Crippen molar-refractivity contribution in [2.24, 2.45) is 5.41 Å². The van der Waals surface area contributed by atoms with Crippen molar-refractivity contribution in [1.82, 2.24) is 9.88 Å². The second kappa shape index (κ2) is 5.00. The van der Waals surface area contributed by atoms with Crippen LogP contribution in [0.2, 0.25) is 0 Å². The van der Waals surface area contributed by atoms with E-state index in [1.165, 1.54) is 0 Å². The molecule has 1 aliphatic heterocycles. The summed E-state index contributed by atoms with van der Waals surface area (Å²) in [6.07, 6.45) is 1.81. The van der Waals surface area contributed by atoms with Gasteiger partial charge in [0.05, 0.1) is 12.1 Å². The van der Waals surface area contributed by atoms with Gasteiger partial charge in [0.15, 0.2) is 5.13 Å². The Morgan fingerprint density at radius 2 is 2.26 bits per heavy atom. The van der Waals surface area contributed by atoms with E-state index in [0.29, 0.717) is 6.54 Å². The van der Waals surface area contributed by atoms with Crippen molar-refractivity contribution >= 4 is 22.6 Å². The number of nitrogens with zero attached hydrogens (tertiary/aromatic N) is 3. The number of amides is 1. The SMILES string of the molecule is CN(c1nccs1)C1CCN(C(=O)O)C1C(C)(C)C. The van der Waals surface area contributed by atoms with E-state index in [9.17, 15) is 9.90 Å². The molecule has 2 atom stereocenters. The van der Waals surface area contributed by atoms with Crippen LogP contribution in [0.25, 0.3) is 0 Å². The van der Waals surface area contributed by atoms with E-state index >= 15 is 0 Å². The fourth-order valence-corrected chi connectivity index (χ4v) is 3.64. The molecule has 0 aliphatic carbocycles. The monoisotopic (exact) mass is 283 g/mol. The molecule has 1 N–H and O–H groups in total. The lowest BCUT2D eigenvalue weighted by atomic mass is 9.82. The van der Waals surface area contributed by atoms with Crippen LogP contribution in [0.3, 0.4) is 0 Å². The van der Waals surface area contributed by atoms with E-state index < -0.39 is 6.09 Å². The Morgan fingerprint density at radius 3 is 2.74 bits per heavy atom. The number of anilines is 1. The van der Waals surface area contributed by atoms with E-state index in [0.717, 1.165) is 11.6 Å². The third-order valence-electron chi connectivity index (χ3n) is 3.72. The zero-order valence-electron chi connectivity index (χ0n) is 11.8. The van der Waals surface area contributed by atoms with Crippen LogP contribution in [0, 0.1) is 5.41 Å². The molecule has 1 aliphatic rings. The molecule has 2 unspecified atom stereocenters. The summed E-state index contributed by atoms with van der Waals surface area (Å²) in [7, 11) is 2.01. The van der Waals surface area contributed by atoms with Crippen LogP contribution in [-0.4, -0.2) is 46.8 Å². The summed E-state index contributed by atoms with van der Waals surface area (Å²) in [6.45, 7) is 6.89. The van der Waals surface area contributed by atoms with E-state index in [1.54, 1.807) is 22.4 Å². The molecule has 0 spiro atoms. The van der Waals surface area contributed by atoms with E-state index in [4.69, 9.17) is 0 Å². The summed E-state index contributed by atoms with van der Waals surface area (Å²) in [5, 5.41) is 12.3. The lowest BCUT2D eigenvalue weighted by Crippen LogP contribution is -2.52. The fourth-order valence-electron chi connectivity index (χ4n) is 2.97. The van der Waals surface area contributed by atoms with Crippen LogP contribution < -0.4 is 4.90 Å². The molecule has 5 nitrogen and oxygen atoms in total. The van der Waals surface area contributed by atoms with E-state index in [-0.39, 0.29) is 17.5 Å².